The number of pyridine rings is 1. The van der Waals surface area contributed by atoms with E-state index in [1.807, 2.05) is 55.6 Å². The van der Waals surface area contributed by atoms with Gasteiger partial charge in [0.2, 0.25) is 5.91 Å². The molecule has 0 fully saturated rings. The maximum atomic E-state index is 13.4. The van der Waals surface area contributed by atoms with Crippen LogP contribution in [0.1, 0.15) is 41.1 Å². The van der Waals surface area contributed by atoms with Crippen LogP contribution in [0.3, 0.4) is 0 Å². The van der Waals surface area contributed by atoms with Crippen molar-refractivity contribution in [1.82, 2.24) is 24.8 Å². The number of nitrogens with two attached hydrogens (primary N) is 1. The predicted octanol–water partition coefficient (Wildman–Crippen LogP) is 4.54. The third kappa shape index (κ3) is 4.66. The van der Waals surface area contributed by atoms with E-state index in [0.717, 1.165) is 30.4 Å². The van der Waals surface area contributed by atoms with E-state index in [2.05, 4.69) is 25.6 Å². The second-order valence-electron chi connectivity index (χ2n) is 9.19. The SMILES string of the molecule is C[C@@H](Nc1cnc2n(c1=O)[C@H](C(=O)NCc1cc3cnc(N)cc3s1)CC2)c1ncc(-c2ccccc2)s1. The summed E-state index contributed by atoms with van der Waals surface area (Å²) in [6.07, 6.45) is 6.25. The number of carbonyl (C=O) groups is 1. The van der Waals surface area contributed by atoms with Gasteiger partial charge in [0.15, 0.2) is 0 Å². The normalized spacial score (nSPS) is 15.3. The highest BCUT2D eigenvalue weighted by Gasteiger charge is 2.31. The van der Waals surface area contributed by atoms with E-state index in [9.17, 15) is 9.59 Å². The average Bonchev–Trinajstić information content (AvgIpc) is 3.67. The van der Waals surface area contributed by atoms with Crippen molar-refractivity contribution in [1.29, 1.82) is 0 Å². The number of nitrogens with zero attached hydrogens (tertiary/aromatic N) is 4. The Morgan fingerprint density at radius 2 is 1.97 bits per heavy atom. The summed E-state index contributed by atoms with van der Waals surface area (Å²) in [6.45, 7) is 2.33. The number of nitrogens with one attached hydrogen (secondary N) is 2. The predicted molar refractivity (Wildman–Crippen MR) is 151 cm³/mol. The first-order valence-corrected chi connectivity index (χ1v) is 13.9. The highest BCUT2D eigenvalue weighted by Crippen LogP contribution is 2.31. The summed E-state index contributed by atoms with van der Waals surface area (Å²) in [5.41, 5.74) is 6.99. The van der Waals surface area contributed by atoms with Crippen LogP contribution in [0.25, 0.3) is 20.5 Å². The number of aryl methyl sites for hydroxylation is 1. The number of amides is 1. The van der Waals surface area contributed by atoms with Gasteiger partial charge in [0.1, 0.15) is 28.4 Å². The molecule has 0 aliphatic carbocycles. The molecule has 38 heavy (non-hydrogen) atoms. The van der Waals surface area contributed by atoms with Crippen LogP contribution in [-0.4, -0.2) is 25.4 Å². The van der Waals surface area contributed by atoms with Crippen LogP contribution in [0.2, 0.25) is 0 Å². The van der Waals surface area contributed by atoms with Gasteiger partial charge < -0.3 is 16.4 Å². The summed E-state index contributed by atoms with van der Waals surface area (Å²) in [5.74, 6) is 0.896. The molecule has 0 saturated heterocycles. The molecule has 1 aliphatic heterocycles. The Kier molecular flexibility index (Phi) is 6.38. The molecule has 11 heteroatoms. The van der Waals surface area contributed by atoms with E-state index in [1.54, 1.807) is 35.1 Å². The van der Waals surface area contributed by atoms with Crippen LogP contribution < -0.4 is 21.9 Å². The van der Waals surface area contributed by atoms with Gasteiger partial charge in [0, 0.05) is 33.8 Å². The zero-order valence-corrected chi connectivity index (χ0v) is 22.2. The molecule has 0 unspecified atom stereocenters. The minimum atomic E-state index is -0.599. The standard InChI is InChI=1S/C27H25N7O2S2/c1-15(26-32-14-22(38-26)16-5-3-2-4-6-16)33-19-13-30-24-8-7-20(34(24)27(19)36)25(35)31-12-18-9-17-11-29-23(28)10-21(17)37-18/h2-6,9-11,13-15,20,33H,7-8,12H2,1H3,(H2,28,29)(H,31,35)/t15-,20+/m1/s1. The van der Waals surface area contributed by atoms with Gasteiger partial charge >= 0.3 is 0 Å². The molecule has 5 aromatic rings. The van der Waals surface area contributed by atoms with Crippen molar-refractivity contribution < 1.29 is 4.79 Å². The highest BCUT2D eigenvalue weighted by molar-refractivity contribution is 7.19. The number of aromatic nitrogens is 4. The van der Waals surface area contributed by atoms with Gasteiger partial charge in [-0.1, -0.05) is 30.3 Å². The molecule has 6 rings (SSSR count). The molecule has 192 valence electrons. The smallest absolute Gasteiger partial charge is 0.277 e. The fraction of sp³-hybridized carbons (Fsp3) is 0.222. The summed E-state index contributed by atoms with van der Waals surface area (Å²) in [4.78, 5) is 41.8. The molecule has 0 spiro atoms. The van der Waals surface area contributed by atoms with Gasteiger partial charge in [-0.05, 0) is 31.0 Å². The summed E-state index contributed by atoms with van der Waals surface area (Å²) in [6, 6.07) is 13.1. The molecular formula is C27H25N7O2S2. The Hall–Kier alpha value is -4.09. The monoisotopic (exact) mass is 543 g/mol. The van der Waals surface area contributed by atoms with E-state index in [1.165, 1.54) is 4.57 Å². The van der Waals surface area contributed by atoms with E-state index < -0.39 is 6.04 Å². The number of thiazole rings is 1. The first-order chi connectivity index (χ1) is 18.5. The number of hydrogen-bond donors (Lipinski definition) is 3. The Morgan fingerprint density at radius 1 is 1.13 bits per heavy atom. The van der Waals surface area contributed by atoms with E-state index in [0.29, 0.717) is 36.7 Å². The van der Waals surface area contributed by atoms with Crippen LogP contribution in [0.5, 0.6) is 0 Å². The lowest BCUT2D eigenvalue weighted by Gasteiger charge is -2.17. The summed E-state index contributed by atoms with van der Waals surface area (Å²) in [5, 5.41) is 8.11. The van der Waals surface area contributed by atoms with Crippen molar-refractivity contribution in [3.8, 4) is 10.4 Å². The molecule has 2 atom stereocenters. The van der Waals surface area contributed by atoms with E-state index in [-0.39, 0.29) is 17.5 Å². The third-order valence-corrected chi connectivity index (χ3v) is 8.89. The van der Waals surface area contributed by atoms with Gasteiger partial charge in [-0.15, -0.1) is 22.7 Å². The highest BCUT2D eigenvalue weighted by atomic mass is 32.1. The second kappa shape index (κ2) is 9.99. The molecule has 5 heterocycles. The number of hydrogen-bond acceptors (Lipinski definition) is 9. The quantitative estimate of drug-likeness (QED) is 0.275. The number of carbonyl (C=O) groups excluding carboxylic acids is 1. The lowest BCUT2D eigenvalue weighted by Crippen LogP contribution is -2.36. The van der Waals surface area contributed by atoms with Crippen LogP contribution in [0.4, 0.5) is 11.5 Å². The van der Waals surface area contributed by atoms with Crippen LogP contribution >= 0.6 is 22.7 Å². The van der Waals surface area contributed by atoms with Crippen LogP contribution in [0.15, 0.2) is 65.8 Å². The minimum absolute atomic E-state index is 0.194. The van der Waals surface area contributed by atoms with Crippen molar-refractivity contribution in [2.75, 3.05) is 11.1 Å². The van der Waals surface area contributed by atoms with Crippen molar-refractivity contribution in [2.45, 2.75) is 38.4 Å². The Balaban J connectivity index is 1.16. The van der Waals surface area contributed by atoms with Crippen LogP contribution in [-0.2, 0) is 17.8 Å². The van der Waals surface area contributed by atoms with Gasteiger partial charge in [-0.3, -0.25) is 14.2 Å². The summed E-state index contributed by atoms with van der Waals surface area (Å²) in [7, 11) is 0. The molecule has 1 aromatic carbocycles. The minimum Gasteiger partial charge on any atom is -0.384 e. The molecular weight excluding hydrogens is 518 g/mol. The number of rotatable bonds is 7. The molecule has 4 N–H and O–H groups in total. The van der Waals surface area contributed by atoms with Gasteiger partial charge in [-0.25, -0.2) is 15.0 Å². The topological polar surface area (TPSA) is 128 Å². The summed E-state index contributed by atoms with van der Waals surface area (Å²) >= 11 is 3.14. The van der Waals surface area contributed by atoms with Crippen molar-refractivity contribution in [3.05, 3.63) is 87.1 Å². The van der Waals surface area contributed by atoms with Crippen LogP contribution in [0, 0.1) is 0 Å². The Bertz CT molecular complexity index is 1690. The van der Waals surface area contributed by atoms with Crippen molar-refractivity contribution >= 4 is 50.2 Å². The first-order valence-electron chi connectivity index (χ1n) is 12.3. The van der Waals surface area contributed by atoms with Gasteiger partial charge in [0.25, 0.3) is 5.56 Å². The van der Waals surface area contributed by atoms with Crippen molar-refractivity contribution in [3.63, 3.8) is 0 Å². The number of benzene rings is 1. The van der Waals surface area contributed by atoms with E-state index in [4.69, 9.17) is 5.73 Å². The fourth-order valence-corrected chi connectivity index (χ4v) is 6.60. The van der Waals surface area contributed by atoms with Gasteiger partial charge in [-0.2, -0.15) is 0 Å². The maximum Gasteiger partial charge on any atom is 0.277 e. The molecule has 0 saturated carbocycles. The molecule has 1 aliphatic rings. The third-order valence-electron chi connectivity index (χ3n) is 6.56. The number of anilines is 2. The zero-order valence-electron chi connectivity index (χ0n) is 20.5. The first kappa shape index (κ1) is 24.3. The maximum absolute atomic E-state index is 13.4. The summed E-state index contributed by atoms with van der Waals surface area (Å²) < 4.78 is 2.55. The second-order valence-corrected chi connectivity index (χ2v) is 11.4. The van der Waals surface area contributed by atoms with Crippen molar-refractivity contribution in [2.24, 2.45) is 0 Å². The van der Waals surface area contributed by atoms with E-state index >= 15 is 0 Å². The lowest BCUT2D eigenvalue weighted by atomic mass is 10.2. The molecule has 0 bridgehead atoms. The number of fused-ring (bicyclic) bond motifs is 2. The fourth-order valence-electron chi connectivity index (χ4n) is 4.65. The average molecular weight is 544 g/mol. The molecule has 0 radical (unpaired) electrons. The Morgan fingerprint density at radius 3 is 2.82 bits per heavy atom. The molecule has 9 nitrogen and oxygen atoms in total. The number of thiophene rings is 1. The zero-order chi connectivity index (χ0) is 26.2. The molecule has 4 aromatic heterocycles. The molecule has 1 amide bonds. The largest absolute Gasteiger partial charge is 0.384 e. The number of nitrogen functional groups attached to an aromatic ring is 1. The lowest BCUT2D eigenvalue weighted by molar-refractivity contribution is -0.124. The Labute approximate surface area is 226 Å². The van der Waals surface area contributed by atoms with Gasteiger partial charge in [0.05, 0.1) is 23.7 Å².